The van der Waals surface area contributed by atoms with Crippen LogP contribution >= 0.6 is 22.9 Å². The molecule has 4 nitrogen and oxygen atoms in total. The van der Waals surface area contributed by atoms with Crippen molar-refractivity contribution in [2.45, 2.75) is 19.4 Å². The molecule has 6 heteroatoms. The number of nitrogens with zero attached hydrogens (tertiary/aromatic N) is 3. The summed E-state index contributed by atoms with van der Waals surface area (Å²) in [5.41, 5.74) is 0.338. The molecule has 0 amide bonds. The second kappa shape index (κ2) is 6.12. The Kier molecular flexibility index (Phi) is 4.50. The molecular weight excluding hydrogens is 282 g/mol. The van der Waals surface area contributed by atoms with Crippen LogP contribution in [0.1, 0.15) is 22.2 Å². The number of hydrogen-bond acceptors (Lipinski definition) is 5. The molecule has 0 fully saturated rings. The Morgan fingerprint density at radius 2 is 2.32 bits per heavy atom. The van der Waals surface area contributed by atoms with Crippen LogP contribution in [0.15, 0.2) is 23.8 Å². The van der Waals surface area contributed by atoms with Crippen LogP contribution in [-0.2, 0) is 6.42 Å². The van der Waals surface area contributed by atoms with Gasteiger partial charge in [0.15, 0.2) is 6.29 Å². The number of likely N-dealkylation sites (N-methyl/N-ethyl adjacent to an activating group) is 1. The minimum Gasteiger partial charge on any atom is -0.356 e. The minimum atomic E-state index is 0.190. The van der Waals surface area contributed by atoms with Crippen molar-refractivity contribution in [1.29, 1.82) is 0 Å². The highest BCUT2D eigenvalue weighted by atomic mass is 35.5. The van der Waals surface area contributed by atoms with Gasteiger partial charge in [0.1, 0.15) is 17.3 Å². The molecule has 2 rings (SSSR count). The predicted octanol–water partition coefficient (Wildman–Crippen LogP) is 3.07. The summed E-state index contributed by atoms with van der Waals surface area (Å²) < 4.78 is 0. The molecule has 1 unspecified atom stereocenters. The highest BCUT2D eigenvalue weighted by molar-refractivity contribution is 7.09. The number of thiophene rings is 1. The zero-order chi connectivity index (χ0) is 13.8. The summed E-state index contributed by atoms with van der Waals surface area (Å²) in [6.07, 6.45) is 2.97. The Labute approximate surface area is 121 Å². The molecule has 0 aliphatic heterocycles. The van der Waals surface area contributed by atoms with Crippen LogP contribution in [0.25, 0.3) is 0 Å². The highest BCUT2D eigenvalue weighted by Gasteiger charge is 2.18. The van der Waals surface area contributed by atoms with Crippen molar-refractivity contribution >= 4 is 35.0 Å². The van der Waals surface area contributed by atoms with Gasteiger partial charge in [0, 0.05) is 24.4 Å². The van der Waals surface area contributed by atoms with Crippen LogP contribution in [0.2, 0.25) is 5.15 Å². The second-order valence-electron chi connectivity index (χ2n) is 4.26. The number of anilines is 1. The third-order valence-corrected chi connectivity index (χ3v) is 4.20. The van der Waals surface area contributed by atoms with E-state index in [0.717, 1.165) is 6.42 Å². The molecule has 0 radical (unpaired) electrons. The second-order valence-corrected chi connectivity index (χ2v) is 5.65. The Morgan fingerprint density at radius 1 is 1.53 bits per heavy atom. The lowest BCUT2D eigenvalue weighted by Crippen LogP contribution is -2.32. The summed E-state index contributed by atoms with van der Waals surface area (Å²) >= 11 is 7.64. The van der Waals surface area contributed by atoms with E-state index in [2.05, 4.69) is 28.3 Å². The third kappa shape index (κ3) is 3.11. The van der Waals surface area contributed by atoms with E-state index in [9.17, 15) is 4.79 Å². The molecule has 19 heavy (non-hydrogen) atoms. The van der Waals surface area contributed by atoms with Gasteiger partial charge >= 0.3 is 0 Å². The molecule has 2 aromatic heterocycles. The van der Waals surface area contributed by atoms with Gasteiger partial charge < -0.3 is 4.90 Å². The van der Waals surface area contributed by atoms with Crippen molar-refractivity contribution in [1.82, 2.24) is 9.97 Å². The number of rotatable bonds is 5. The Hall–Kier alpha value is -1.46. The van der Waals surface area contributed by atoms with Gasteiger partial charge in [0.2, 0.25) is 0 Å². The standard InChI is InChI=1S/C13H14ClN3OS/c1-9(6-10-4-3-5-19-10)17(2)13-11(7-18)12(14)15-8-16-13/h3-5,7-9H,6H2,1-2H3. The van der Waals surface area contributed by atoms with E-state index in [4.69, 9.17) is 11.6 Å². The van der Waals surface area contributed by atoms with Gasteiger partial charge in [-0.3, -0.25) is 4.79 Å². The fraction of sp³-hybridized carbons (Fsp3) is 0.308. The van der Waals surface area contributed by atoms with Gasteiger partial charge in [-0.15, -0.1) is 11.3 Å². The van der Waals surface area contributed by atoms with Gasteiger partial charge in [0.05, 0.1) is 5.56 Å². The molecule has 1 atom stereocenters. The summed E-state index contributed by atoms with van der Waals surface area (Å²) in [5.74, 6) is 0.569. The van der Waals surface area contributed by atoms with Crippen molar-refractivity contribution in [2.24, 2.45) is 0 Å². The molecule has 100 valence electrons. The van der Waals surface area contributed by atoms with Crippen molar-refractivity contribution in [3.8, 4) is 0 Å². The molecule has 0 spiro atoms. The lowest BCUT2D eigenvalue weighted by Gasteiger charge is -2.26. The first kappa shape index (κ1) is 14.0. The van der Waals surface area contributed by atoms with Crippen molar-refractivity contribution < 1.29 is 4.79 Å². The number of aromatic nitrogens is 2. The molecule has 0 saturated heterocycles. The van der Waals surface area contributed by atoms with Crippen LogP contribution in [-0.4, -0.2) is 29.3 Å². The molecule has 0 bridgehead atoms. The first-order chi connectivity index (χ1) is 9.13. The zero-order valence-electron chi connectivity index (χ0n) is 10.7. The van der Waals surface area contributed by atoms with Crippen LogP contribution in [0.3, 0.4) is 0 Å². The van der Waals surface area contributed by atoms with Crippen molar-refractivity contribution in [3.05, 3.63) is 39.4 Å². The summed E-state index contributed by atoms with van der Waals surface area (Å²) in [7, 11) is 1.91. The first-order valence-electron chi connectivity index (χ1n) is 5.84. The Bertz CT molecular complexity index is 559. The van der Waals surface area contributed by atoms with Crippen molar-refractivity contribution in [2.75, 3.05) is 11.9 Å². The normalized spacial score (nSPS) is 12.2. The largest absolute Gasteiger partial charge is 0.356 e. The van der Waals surface area contributed by atoms with Gasteiger partial charge in [-0.25, -0.2) is 9.97 Å². The van der Waals surface area contributed by atoms with Crippen LogP contribution < -0.4 is 4.90 Å². The first-order valence-corrected chi connectivity index (χ1v) is 7.10. The topological polar surface area (TPSA) is 46.1 Å². The summed E-state index contributed by atoms with van der Waals surface area (Å²) in [6.45, 7) is 2.09. The van der Waals surface area contributed by atoms with Gasteiger partial charge in [-0.05, 0) is 18.4 Å². The van der Waals surface area contributed by atoms with E-state index >= 15 is 0 Å². The monoisotopic (exact) mass is 295 g/mol. The maximum atomic E-state index is 11.1. The molecule has 2 heterocycles. The third-order valence-electron chi connectivity index (χ3n) is 3.00. The van der Waals surface area contributed by atoms with Crippen LogP contribution in [0, 0.1) is 0 Å². The fourth-order valence-electron chi connectivity index (χ4n) is 1.81. The van der Waals surface area contributed by atoms with Crippen LogP contribution in [0.5, 0.6) is 0 Å². The van der Waals surface area contributed by atoms with Gasteiger partial charge in [-0.1, -0.05) is 17.7 Å². The molecule has 0 aromatic carbocycles. The number of carbonyl (C=O) groups excluding carboxylic acids is 1. The van der Waals surface area contributed by atoms with E-state index < -0.39 is 0 Å². The van der Waals surface area contributed by atoms with Crippen LogP contribution in [0.4, 0.5) is 5.82 Å². The average molecular weight is 296 g/mol. The quantitative estimate of drug-likeness (QED) is 0.628. The summed E-state index contributed by atoms with van der Waals surface area (Å²) in [4.78, 5) is 22.3. The van der Waals surface area contributed by atoms with E-state index in [0.29, 0.717) is 17.7 Å². The minimum absolute atomic E-state index is 0.190. The fourth-order valence-corrected chi connectivity index (χ4v) is 2.81. The molecule has 0 N–H and O–H groups in total. The summed E-state index contributed by atoms with van der Waals surface area (Å²) in [5, 5.41) is 2.25. The van der Waals surface area contributed by atoms with E-state index in [1.54, 1.807) is 11.3 Å². The maximum absolute atomic E-state index is 11.1. The number of aldehydes is 1. The summed E-state index contributed by atoms with van der Waals surface area (Å²) in [6, 6.07) is 4.34. The van der Waals surface area contributed by atoms with Gasteiger partial charge in [-0.2, -0.15) is 0 Å². The molecular formula is C13H14ClN3OS. The molecule has 0 aliphatic carbocycles. The highest BCUT2D eigenvalue weighted by Crippen LogP contribution is 2.23. The molecule has 2 aromatic rings. The number of halogens is 1. The SMILES string of the molecule is CC(Cc1cccs1)N(C)c1ncnc(Cl)c1C=O. The smallest absolute Gasteiger partial charge is 0.156 e. The van der Waals surface area contributed by atoms with Crippen molar-refractivity contribution in [3.63, 3.8) is 0 Å². The van der Waals surface area contributed by atoms with Gasteiger partial charge in [0.25, 0.3) is 0 Å². The Morgan fingerprint density at radius 3 is 2.95 bits per heavy atom. The lowest BCUT2D eigenvalue weighted by molar-refractivity contribution is 0.112. The van der Waals surface area contributed by atoms with E-state index in [-0.39, 0.29) is 11.2 Å². The number of carbonyl (C=O) groups is 1. The lowest BCUT2D eigenvalue weighted by atomic mass is 10.1. The Balaban J connectivity index is 2.21. The maximum Gasteiger partial charge on any atom is 0.156 e. The zero-order valence-corrected chi connectivity index (χ0v) is 12.3. The predicted molar refractivity (Wildman–Crippen MR) is 78.3 cm³/mol. The molecule has 0 saturated carbocycles. The average Bonchev–Trinajstić information content (AvgIpc) is 2.90. The number of hydrogen-bond donors (Lipinski definition) is 0. The van der Waals surface area contributed by atoms with E-state index in [1.807, 2.05) is 18.0 Å². The van der Waals surface area contributed by atoms with E-state index in [1.165, 1.54) is 11.2 Å². The molecule has 0 aliphatic rings.